The van der Waals surface area contributed by atoms with Gasteiger partial charge >= 0.3 is 0 Å². The van der Waals surface area contributed by atoms with Crippen LogP contribution in [0.5, 0.6) is 11.5 Å². The van der Waals surface area contributed by atoms with Crippen molar-refractivity contribution in [1.82, 2.24) is 5.32 Å². The summed E-state index contributed by atoms with van der Waals surface area (Å²) in [5.74, 6) is 3.79. The Morgan fingerprint density at radius 3 is 2.75 bits per heavy atom. The van der Waals surface area contributed by atoms with Crippen molar-refractivity contribution in [2.24, 2.45) is 17.8 Å². The number of amides is 1. The van der Waals surface area contributed by atoms with Crippen molar-refractivity contribution >= 4 is 17.5 Å². The van der Waals surface area contributed by atoms with Crippen LogP contribution in [0.4, 0.5) is 0 Å². The van der Waals surface area contributed by atoms with Crippen molar-refractivity contribution in [3.63, 3.8) is 0 Å². The second kappa shape index (κ2) is 6.83. The zero-order valence-corrected chi connectivity index (χ0v) is 14.6. The van der Waals surface area contributed by atoms with Gasteiger partial charge in [-0.25, -0.2) is 0 Å². The molecule has 3 aliphatic rings. The molecule has 4 rings (SSSR count). The summed E-state index contributed by atoms with van der Waals surface area (Å²) < 4.78 is 11.1. The molecule has 1 aromatic carbocycles. The monoisotopic (exact) mass is 349 g/mol. The molecule has 2 saturated carbocycles. The van der Waals surface area contributed by atoms with Gasteiger partial charge in [0.05, 0.1) is 6.42 Å². The first-order valence-electron chi connectivity index (χ1n) is 9.05. The smallest absolute Gasteiger partial charge is 0.224 e. The van der Waals surface area contributed by atoms with E-state index < -0.39 is 0 Å². The van der Waals surface area contributed by atoms with Gasteiger partial charge in [0.15, 0.2) is 11.5 Å². The Hall–Kier alpha value is -1.42. The molecule has 3 atom stereocenters. The van der Waals surface area contributed by atoms with Crippen LogP contribution >= 0.6 is 11.6 Å². The first-order chi connectivity index (χ1) is 11.7. The molecule has 4 nitrogen and oxygen atoms in total. The third-order valence-electron chi connectivity index (χ3n) is 5.86. The molecule has 0 saturated heterocycles. The van der Waals surface area contributed by atoms with E-state index in [0.717, 1.165) is 23.9 Å². The van der Waals surface area contributed by atoms with Crippen LogP contribution in [0.1, 0.15) is 37.7 Å². The Balaban J connectivity index is 1.34. The summed E-state index contributed by atoms with van der Waals surface area (Å²) in [6, 6.07) is 3.58. The molecule has 1 N–H and O–H groups in total. The van der Waals surface area contributed by atoms with Crippen LogP contribution in [0.3, 0.4) is 0 Å². The van der Waals surface area contributed by atoms with E-state index in [4.69, 9.17) is 21.1 Å². The quantitative estimate of drug-likeness (QED) is 0.903. The highest BCUT2D eigenvalue weighted by atomic mass is 35.5. The molecule has 2 fully saturated rings. The number of carbonyl (C=O) groups is 1. The fraction of sp³-hybridized carbons (Fsp3) is 0.632. The second-order valence-corrected chi connectivity index (χ2v) is 7.67. The predicted molar refractivity (Wildman–Crippen MR) is 92.7 cm³/mol. The Morgan fingerprint density at radius 2 is 1.92 bits per heavy atom. The minimum absolute atomic E-state index is 0.0371. The lowest BCUT2D eigenvalue weighted by Crippen LogP contribution is -2.32. The maximum atomic E-state index is 12.3. The van der Waals surface area contributed by atoms with Crippen molar-refractivity contribution in [1.29, 1.82) is 0 Å². The number of rotatable bonds is 4. The van der Waals surface area contributed by atoms with Crippen LogP contribution in [0.15, 0.2) is 12.1 Å². The van der Waals surface area contributed by atoms with Gasteiger partial charge in [-0.1, -0.05) is 24.4 Å². The molecule has 2 aliphatic carbocycles. The molecule has 1 amide bonds. The number of carbonyl (C=O) groups excluding carboxylic acids is 1. The Morgan fingerprint density at radius 1 is 1.12 bits per heavy atom. The maximum absolute atomic E-state index is 12.3. The fourth-order valence-corrected chi connectivity index (χ4v) is 4.88. The molecular weight excluding hydrogens is 326 g/mol. The zero-order chi connectivity index (χ0) is 16.5. The van der Waals surface area contributed by atoms with E-state index in [9.17, 15) is 4.79 Å². The number of nitrogens with one attached hydrogen (secondary N) is 1. The minimum atomic E-state index is 0.0371. The number of ether oxygens (including phenoxy) is 2. The van der Waals surface area contributed by atoms with E-state index >= 15 is 0 Å². The van der Waals surface area contributed by atoms with Crippen LogP contribution in [-0.2, 0) is 11.2 Å². The second-order valence-electron chi connectivity index (χ2n) is 7.26. The molecule has 0 spiro atoms. The summed E-state index contributed by atoms with van der Waals surface area (Å²) in [5.41, 5.74) is 0.795. The SMILES string of the molecule is O=C(Cc1cc2c(cc1Cl)OCCO2)NC[C@H]1CC[C@@H]2CCC[C@@H]21. The van der Waals surface area contributed by atoms with Gasteiger partial charge in [0, 0.05) is 17.6 Å². The summed E-state index contributed by atoms with van der Waals surface area (Å²) in [5, 5.41) is 3.68. The normalized spacial score (nSPS) is 27.8. The lowest BCUT2D eigenvalue weighted by Gasteiger charge is -2.20. The molecular formula is C19H24ClNO3. The summed E-state index contributed by atoms with van der Waals surface area (Å²) in [6.07, 6.45) is 7.00. The average molecular weight is 350 g/mol. The van der Waals surface area contributed by atoms with Gasteiger partial charge in [-0.2, -0.15) is 0 Å². The third kappa shape index (κ3) is 3.21. The molecule has 5 heteroatoms. The van der Waals surface area contributed by atoms with Crippen LogP contribution in [0.2, 0.25) is 5.02 Å². The highest BCUT2D eigenvalue weighted by molar-refractivity contribution is 6.31. The highest BCUT2D eigenvalue weighted by Crippen LogP contribution is 2.47. The van der Waals surface area contributed by atoms with Crippen molar-refractivity contribution in [3.05, 3.63) is 22.7 Å². The van der Waals surface area contributed by atoms with Crippen molar-refractivity contribution in [3.8, 4) is 11.5 Å². The predicted octanol–water partition coefficient (Wildman–Crippen LogP) is 3.60. The number of fused-ring (bicyclic) bond motifs is 2. The first kappa shape index (κ1) is 16.1. The highest BCUT2D eigenvalue weighted by Gasteiger charge is 2.38. The van der Waals surface area contributed by atoms with E-state index in [1.54, 1.807) is 6.07 Å². The summed E-state index contributed by atoms with van der Waals surface area (Å²) in [4.78, 5) is 12.3. The molecule has 0 radical (unpaired) electrons. The number of halogens is 1. The third-order valence-corrected chi connectivity index (χ3v) is 6.21. The van der Waals surface area contributed by atoms with E-state index in [0.29, 0.717) is 35.7 Å². The summed E-state index contributed by atoms with van der Waals surface area (Å²) in [7, 11) is 0. The molecule has 130 valence electrons. The van der Waals surface area contributed by atoms with Crippen LogP contribution in [0, 0.1) is 17.8 Å². The van der Waals surface area contributed by atoms with Crippen LogP contribution < -0.4 is 14.8 Å². The molecule has 1 heterocycles. The lowest BCUT2D eigenvalue weighted by atomic mass is 9.92. The lowest BCUT2D eigenvalue weighted by molar-refractivity contribution is -0.120. The Kier molecular flexibility index (Phi) is 4.57. The van der Waals surface area contributed by atoms with Crippen LogP contribution in [-0.4, -0.2) is 25.7 Å². The molecule has 0 aromatic heterocycles. The van der Waals surface area contributed by atoms with Gasteiger partial charge in [0.25, 0.3) is 0 Å². The van der Waals surface area contributed by atoms with Crippen LogP contribution in [0.25, 0.3) is 0 Å². The van der Waals surface area contributed by atoms with Crippen molar-refractivity contribution in [2.75, 3.05) is 19.8 Å². The Labute approximate surface area is 147 Å². The van der Waals surface area contributed by atoms with Crippen molar-refractivity contribution < 1.29 is 14.3 Å². The number of hydrogen-bond acceptors (Lipinski definition) is 3. The molecule has 1 aliphatic heterocycles. The number of benzene rings is 1. The molecule has 0 bridgehead atoms. The topological polar surface area (TPSA) is 47.6 Å². The van der Waals surface area contributed by atoms with Gasteiger partial charge in [-0.05, 0) is 48.6 Å². The first-order valence-corrected chi connectivity index (χ1v) is 9.43. The van der Waals surface area contributed by atoms with Gasteiger partial charge in [-0.15, -0.1) is 0 Å². The standard InChI is InChI=1S/C19H24ClNO3/c20-16-10-18-17(23-6-7-24-18)8-14(16)9-19(22)21-11-13-5-4-12-2-1-3-15(12)13/h8,10,12-13,15H,1-7,9,11H2,(H,21,22)/t12-,13+,15-/m0/s1. The van der Waals surface area contributed by atoms with Gasteiger partial charge in [-0.3, -0.25) is 4.79 Å². The van der Waals surface area contributed by atoms with E-state index in [-0.39, 0.29) is 12.3 Å². The molecule has 1 aromatic rings. The van der Waals surface area contributed by atoms with E-state index in [2.05, 4.69) is 5.32 Å². The fourth-order valence-electron chi connectivity index (χ4n) is 4.66. The minimum Gasteiger partial charge on any atom is -0.486 e. The van der Waals surface area contributed by atoms with E-state index in [1.165, 1.54) is 32.1 Å². The summed E-state index contributed by atoms with van der Waals surface area (Å²) >= 11 is 6.29. The number of hydrogen-bond donors (Lipinski definition) is 1. The average Bonchev–Trinajstić information content (AvgIpc) is 3.17. The Bertz CT molecular complexity index is 633. The van der Waals surface area contributed by atoms with Gasteiger partial charge in [0.2, 0.25) is 5.91 Å². The zero-order valence-electron chi connectivity index (χ0n) is 13.9. The molecule has 24 heavy (non-hydrogen) atoms. The van der Waals surface area contributed by atoms with Crippen molar-refractivity contribution in [2.45, 2.75) is 38.5 Å². The largest absolute Gasteiger partial charge is 0.486 e. The summed E-state index contributed by atoms with van der Waals surface area (Å²) in [6.45, 7) is 1.87. The van der Waals surface area contributed by atoms with Gasteiger partial charge < -0.3 is 14.8 Å². The molecule has 0 unspecified atom stereocenters. The maximum Gasteiger partial charge on any atom is 0.224 e. The van der Waals surface area contributed by atoms with E-state index in [1.807, 2.05) is 6.07 Å². The van der Waals surface area contributed by atoms with Gasteiger partial charge in [0.1, 0.15) is 13.2 Å².